The molecule has 5 rings (SSSR count). The molecule has 0 aliphatic heterocycles. The van der Waals surface area contributed by atoms with E-state index in [0.717, 1.165) is 52.7 Å². The molecule has 0 spiro atoms. The number of hydrogen-bond acceptors (Lipinski definition) is 4. The second-order valence-electron chi connectivity index (χ2n) is 6.21. The Labute approximate surface area is 154 Å². The van der Waals surface area contributed by atoms with E-state index in [1.54, 1.807) is 22.7 Å². The highest BCUT2D eigenvalue weighted by Gasteiger charge is 2.16. The average Bonchev–Trinajstić information content (AvgIpc) is 3.32. The molecule has 6 nitrogen and oxygen atoms in total. The summed E-state index contributed by atoms with van der Waals surface area (Å²) < 4.78 is 0. The number of rotatable bonds is 2. The van der Waals surface area contributed by atoms with Crippen molar-refractivity contribution in [2.24, 2.45) is 0 Å². The highest BCUT2D eigenvalue weighted by atomic mass is 32.1. The van der Waals surface area contributed by atoms with Gasteiger partial charge in [0.05, 0.1) is 31.8 Å². The zero-order valence-corrected chi connectivity index (χ0v) is 15.6. The Bertz CT molecular complexity index is 1280. The van der Waals surface area contributed by atoms with Crippen LogP contribution in [0.3, 0.4) is 0 Å². The second kappa shape index (κ2) is 5.33. The molecular weight excluding hydrogens is 368 g/mol. The first-order valence-electron chi connectivity index (χ1n) is 8.05. The van der Waals surface area contributed by atoms with E-state index >= 15 is 0 Å². The Kier molecular flexibility index (Phi) is 3.16. The van der Waals surface area contributed by atoms with Crippen molar-refractivity contribution in [3.8, 4) is 20.9 Å². The number of nitrogens with one attached hydrogen (secondary N) is 4. The summed E-state index contributed by atoms with van der Waals surface area (Å²) in [6.07, 6.45) is 0. The first-order chi connectivity index (χ1) is 12.5. The summed E-state index contributed by atoms with van der Waals surface area (Å²) in [5.41, 5.74) is 5.20. The van der Waals surface area contributed by atoms with Gasteiger partial charge in [-0.05, 0) is 25.0 Å². The Morgan fingerprint density at radius 1 is 0.615 bits per heavy atom. The minimum absolute atomic E-state index is 0.184. The van der Waals surface area contributed by atoms with Gasteiger partial charge in [0.25, 0.3) is 0 Å². The Morgan fingerprint density at radius 2 is 0.962 bits per heavy atom. The number of H-pyrrole nitrogens is 4. The predicted molar refractivity (Wildman–Crippen MR) is 107 cm³/mol. The van der Waals surface area contributed by atoms with Crippen molar-refractivity contribution in [2.45, 2.75) is 13.8 Å². The molecule has 130 valence electrons. The van der Waals surface area contributed by atoms with Gasteiger partial charge in [-0.15, -0.1) is 22.7 Å². The number of aryl methyl sites for hydroxylation is 2. The van der Waals surface area contributed by atoms with Crippen molar-refractivity contribution in [1.29, 1.82) is 0 Å². The monoisotopic (exact) mass is 382 g/mol. The molecule has 1 aromatic carbocycles. The number of fused-ring (bicyclic) bond motifs is 2. The van der Waals surface area contributed by atoms with E-state index in [4.69, 9.17) is 0 Å². The van der Waals surface area contributed by atoms with Crippen LogP contribution < -0.4 is 11.4 Å². The van der Waals surface area contributed by atoms with Gasteiger partial charge in [0.2, 0.25) is 0 Å². The summed E-state index contributed by atoms with van der Waals surface area (Å²) in [4.78, 5) is 38.9. The van der Waals surface area contributed by atoms with Crippen molar-refractivity contribution in [2.75, 3.05) is 0 Å². The molecule has 0 atom stereocenters. The molecule has 8 heteroatoms. The summed E-state index contributed by atoms with van der Waals surface area (Å²) in [7, 11) is 0. The highest BCUT2D eigenvalue weighted by Crippen LogP contribution is 2.39. The van der Waals surface area contributed by atoms with Gasteiger partial charge >= 0.3 is 11.4 Å². The van der Waals surface area contributed by atoms with Crippen LogP contribution in [0.25, 0.3) is 42.9 Å². The highest BCUT2D eigenvalue weighted by molar-refractivity contribution is 7.17. The van der Waals surface area contributed by atoms with Crippen LogP contribution in [0.15, 0.2) is 33.9 Å². The van der Waals surface area contributed by atoms with E-state index in [2.05, 4.69) is 44.2 Å². The van der Waals surface area contributed by atoms with Gasteiger partial charge in [-0.2, -0.15) is 0 Å². The summed E-state index contributed by atoms with van der Waals surface area (Å²) in [5, 5.41) is 0. The first-order valence-corrected chi connectivity index (χ1v) is 9.68. The Balaban J connectivity index is 1.64. The topological polar surface area (TPSA) is 97.3 Å². The molecule has 4 heterocycles. The fraction of sp³-hybridized carbons (Fsp3) is 0.111. The van der Waals surface area contributed by atoms with Crippen LogP contribution in [-0.4, -0.2) is 19.9 Å². The summed E-state index contributed by atoms with van der Waals surface area (Å²) in [5.74, 6) is 0. The van der Waals surface area contributed by atoms with Crippen LogP contribution in [0.2, 0.25) is 0 Å². The van der Waals surface area contributed by atoms with Crippen molar-refractivity contribution >= 4 is 44.7 Å². The SMILES string of the molecule is Cc1sc(-c2ccc(-c3sc(C)c4[nH]c(=O)[nH]c34)cc2)c2[nH]c(=O)[nH]c12. The van der Waals surface area contributed by atoms with Crippen molar-refractivity contribution < 1.29 is 0 Å². The van der Waals surface area contributed by atoms with Crippen LogP contribution in [-0.2, 0) is 0 Å². The second-order valence-corrected chi connectivity index (χ2v) is 8.66. The third kappa shape index (κ3) is 2.16. The summed E-state index contributed by atoms with van der Waals surface area (Å²) in [6, 6.07) is 8.21. The fourth-order valence-electron chi connectivity index (χ4n) is 3.33. The van der Waals surface area contributed by atoms with Crippen molar-refractivity contribution in [3.63, 3.8) is 0 Å². The van der Waals surface area contributed by atoms with E-state index < -0.39 is 0 Å². The molecule has 0 fully saturated rings. The van der Waals surface area contributed by atoms with E-state index in [0.29, 0.717) is 0 Å². The molecule has 0 bridgehead atoms. The number of thiophene rings is 2. The third-order valence-electron chi connectivity index (χ3n) is 4.53. The predicted octanol–water partition coefficient (Wildman–Crippen LogP) is 4.10. The molecule has 4 aromatic heterocycles. The van der Waals surface area contributed by atoms with Gasteiger partial charge in [-0.25, -0.2) is 9.59 Å². The van der Waals surface area contributed by atoms with Crippen LogP contribution in [0.5, 0.6) is 0 Å². The lowest BCUT2D eigenvalue weighted by molar-refractivity contribution is 1.21. The smallest absolute Gasteiger partial charge is 0.305 e. The fourth-order valence-corrected chi connectivity index (χ4v) is 5.47. The minimum Gasteiger partial charge on any atom is -0.305 e. The molecule has 0 amide bonds. The average molecular weight is 382 g/mol. The quantitative estimate of drug-likeness (QED) is 0.370. The zero-order valence-electron chi connectivity index (χ0n) is 13.9. The Hall–Kier alpha value is -2.84. The molecule has 0 saturated carbocycles. The molecule has 4 N–H and O–H groups in total. The lowest BCUT2D eigenvalue weighted by Crippen LogP contribution is -2.00. The molecular formula is C18H14N4O2S2. The number of imidazole rings is 2. The van der Waals surface area contributed by atoms with Gasteiger partial charge in [-0.1, -0.05) is 24.3 Å². The number of aromatic amines is 4. The van der Waals surface area contributed by atoms with E-state index in [-0.39, 0.29) is 11.4 Å². The van der Waals surface area contributed by atoms with Gasteiger partial charge in [0, 0.05) is 9.75 Å². The van der Waals surface area contributed by atoms with Gasteiger partial charge in [0.15, 0.2) is 0 Å². The molecule has 0 unspecified atom stereocenters. The number of benzene rings is 1. The van der Waals surface area contributed by atoms with Gasteiger partial charge < -0.3 is 19.9 Å². The largest absolute Gasteiger partial charge is 0.323 e. The van der Waals surface area contributed by atoms with Crippen LogP contribution in [0.4, 0.5) is 0 Å². The molecule has 5 aromatic rings. The Morgan fingerprint density at radius 3 is 1.35 bits per heavy atom. The van der Waals surface area contributed by atoms with Crippen LogP contribution >= 0.6 is 22.7 Å². The minimum atomic E-state index is -0.184. The first kappa shape index (κ1) is 15.4. The van der Waals surface area contributed by atoms with Crippen LogP contribution in [0.1, 0.15) is 9.75 Å². The molecule has 26 heavy (non-hydrogen) atoms. The summed E-state index contributed by atoms with van der Waals surface area (Å²) in [6.45, 7) is 4.00. The van der Waals surface area contributed by atoms with Gasteiger partial charge in [0.1, 0.15) is 0 Å². The molecule has 0 radical (unpaired) electrons. The molecule has 0 aliphatic carbocycles. The summed E-state index contributed by atoms with van der Waals surface area (Å²) >= 11 is 3.31. The van der Waals surface area contributed by atoms with Crippen molar-refractivity contribution in [3.05, 3.63) is 55.0 Å². The lowest BCUT2D eigenvalue weighted by atomic mass is 10.1. The van der Waals surface area contributed by atoms with Crippen molar-refractivity contribution in [1.82, 2.24) is 19.9 Å². The van der Waals surface area contributed by atoms with Crippen LogP contribution in [0, 0.1) is 13.8 Å². The molecule has 0 aliphatic rings. The van der Waals surface area contributed by atoms with E-state index in [1.807, 2.05) is 13.8 Å². The molecule has 0 saturated heterocycles. The maximum absolute atomic E-state index is 11.6. The lowest BCUT2D eigenvalue weighted by Gasteiger charge is -2.01. The number of aromatic nitrogens is 4. The van der Waals surface area contributed by atoms with Gasteiger partial charge in [-0.3, -0.25) is 0 Å². The maximum atomic E-state index is 11.6. The maximum Gasteiger partial charge on any atom is 0.323 e. The number of hydrogen-bond donors (Lipinski definition) is 4. The van der Waals surface area contributed by atoms with E-state index in [1.165, 1.54) is 0 Å². The normalized spacial score (nSPS) is 11.8. The standard InChI is InChI=1S/C18H14N4O2S2/c1-7-11-13(21-17(23)19-11)15(25-7)9-3-5-10(6-4-9)16-14-12(8(2)26-16)20-18(24)22-14/h3-6H,1-2H3,(H2,19,21,23)(H2,20,22,24). The zero-order chi connectivity index (χ0) is 18.0. The van der Waals surface area contributed by atoms with E-state index in [9.17, 15) is 9.59 Å². The third-order valence-corrected chi connectivity index (χ3v) is 6.84.